The molecule has 1 aromatic rings. The molecule has 1 heterocycles. The monoisotopic (exact) mass is 667 g/mol. The second-order valence-electron chi connectivity index (χ2n) is 14.2. The number of sulfonamides is 1. The molecule has 0 unspecified atom stereocenters. The average Bonchev–Trinajstić information content (AvgIpc) is 2.72. The zero-order chi connectivity index (χ0) is 31.8. The first kappa shape index (κ1) is 36.2. The van der Waals surface area contributed by atoms with Gasteiger partial charge >= 0.3 is 0 Å². The summed E-state index contributed by atoms with van der Waals surface area (Å²) in [6.45, 7) is 25.2. The van der Waals surface area contributed by atoms with Gasteiger partial charge in [-0.3, -0.25) is 10.1 Å². The van der Waals surface area contributed by atoms with Crippen LogP contribution in [0.4, 0.5) is 11.4 Å². The molecule has 1 saturated heterocycles. The summed E-state index contributed by atoms with van der Waals surface area (Å²) in [6, 6.07) is 3.51. The van der Waals surface area contributed by atoms with Crippen LogP contribution in [0.15, 0.2) is 23.1 Å². The molecule has 0 spiro atoms. The second-order valence-corrected chi connectivity index (χ2v) is 33.6. The molecule has 5 atom stereocenters. The highest BCUT2D eigenvalue weighted by atomic mass is 32.2. The highest BCUT2D eigenvalue weighted by Crippen LogP contribution is 2.36. The summed E-state index contributed by atoms with van der Waals surface area (Å²) in [5.41, 5.74) is -0.289. The van der Waals surface area contributed by atoms with Crippen LogP contribution in [0.2, 0.25) is 78.6 Å². The van der Waals surface area contributed by atoms with Crippen LogP contribution in [0, 0.1) is 10.1 Å². The van der Waals surface area contributed by atoms with Crippen molar-refractivity contribution in [1.82, 2.24) is 0 Å². The van der Waals surface area contributed by atoms with E-state index in [4.69, 9.17) is 27.6 Å². The molecule has 1 fully saturated rings. The Morgan fingerprint density at radius 1 is 0.829 bits per heavy atom. The summed E-state index contributed by atoms with van der Waals surface area (Å²) in [4.78, 5) is 10.8. The van der Waals surface area contributed by atoms with E-state index in [-0.39, 0.29) is 17.1 Å². The highest BCUT2D eigenvalue weighted by molar-refractivity contribution is 7.89. The number of nitro benzene ring substituents is 1. The van der Waals surface area contributed by atoms with Crippen LogP contribution in [0.5, 0.6) is 0 Å². The number of rotatable bonds is 13. The SMILES string of the molecule is C[Si](C)(C)O[C@H]1O[C@H](CNc2ccc(S(N)(=O)=O)cc2[N+](=O)[O-])[C@H](O[Si](C)(C)C)[C@H](O[Si](C)(C)C)[C@H]1O[Si](C)(C)C. The topological polar surface area (TPSA) is 161 Å². The molecule has 0 aliphatic carbocycles. The van der Waals surface area contributed by atoms with Crippen LogP contribution in [0.3, 0.4) is 0 Å². The third-order valence-corrected chi connectivity index (χ3v) is 10.3. The zero-order valence-electron chi connectivity index (χ0n) is 26.4. The van der Waals surface area contributed by atoms with E-state index in [1.807, 2.05) is 0 Å². The Labute approximate surface area is 249 Å². The molecule has 0 radical (unpaired) electrons. The summed E-state index contributed by atoms with van der Waals surface area (Å²) < 4.78 is 57.0. The molecule has 0 amide bonds. The van der Waals surface area contributed by atoms with Crippen LogP contribution in [0.25, 0.3) is 0 Å². The van der Waals surface area contributed by atoms with Gasteiger partial charge < -0.3 is 27.8 Å². The van der Waals surface area contributed by atoms with Crippen molar-refractivity contribution in [2.45, 2.75) is 114 Å². The largest absolute Gasteiger partial charge is 0.409 e. The van der Waals surface area contributed by atoms with Crippen molar-refractivity contribution in [1.29, 1.82) is 0 Å². The van der Waals surface area contributed by atoms with Crippen molar-refractivity contribution >= 4 is 54.7 Å². The zero-order valence-corrected chi connectivity index (χ0v) is 31.2. The van der Waals surface area contributed by atoms with Crippen LogP contribution in [0.1, 0.15) is 0 Å². The first-order chi connectivity index (χ1) is 18.3. The van der Waals surface area contributed by atoms with Gasteiger partial charge in [0.15, 0.2) is 39.6 Å². The fourth-order valence-corrected chi connectivity index (χ4v) is 8.98. The van der Waals surface area contributed by atoms with Crippen molar-refractivity contribution in [2.75, 3.05) is 11.9 Å². The number of anilines is 1. The lowest BCUT2D eigenvalue weighted by atomic mass is 9.99. The molecule has 0 saturated carbocycles. The minimum absolute atomic E-state index is 0.113. The number of hydrogen-bond donors (Lipinski definition) is 2. The minimum Gasteiger partial charge on any atom is -0.409 e. The maximum atomic E-state index is 11.8. The van der Waals surface area contributed by atoms with E-state index < -0.39 is 84.6 Å². The van der Waals surface area contributed by atoms with Gasteiger partial charge in [0.2, 0.25) is 10.0 Å². The van der Waals surface area contributed by atoms with Gasteiger partial charge in [-0.05, 0) is 90.7 Å². The summed E-state index contributed by atoms with van der Waals surface area (Å²) in [6.07, 6.45) is -2.93. The number of ether oxygens (including phenoxy) is 1. The lowest BCUT2D eigenvalue weighted by Crippen LogP contribution is -2.67. The Balaban J connectivity index is 2.60. The van der Waals surface area contributed by atoms with Gasteiger partial charge in [0.1, 0.15) is 30.1 Å². The van der Waals surface area contributed by atoms with Gasteiger partial charge in [0, 0.05) is 12.6 Å². The molecule has 3 N–H and O–H groups in total. The normalized spacial score (nSPS) is 24.8. The van der Waals surface area contributed by atoms with Gasteiger partial charge in [-0.2, -0.15) is 0 Å². The Bertz CT molecular complexity index is 1180. The third-order valence-electron chi connectivity index (χ3n) is 5.52. The van der Waals surface area contributed by atoms with Crippen molar-refractivity contribution < 1.29 is 35.8 Å². The summed E-state index contributed by atoms with van der Waals surface area (Å²) in [7, 11) is -12.7. The van der Waals surface area contributed by atoms with E-state index in [1.165, 1.54) is 12.1 Å². The minimum atomic E-state index is -4.12. The Morgan fingerprint density at radius 2 is 1.29 bits per heavy atom. The molecule has 41 heavy (non-hydrogen) atoms. The lowest BCUT2D eigenvalue weighted by molar-refractivity contribution is -0.384. The molecule has 236 valence electrons. The molecule has 0 bridgehead atoms. The van der Waals surface area contributed by atoms with E-state index in [0.29, 0.717) is 0 Å². The maximum Gasteiger partial charge on any atom is 0.293 e. The quantitative estimate of drug-likeness (QED) is 0.168. The first-order valence-electron chi connectivity index (χ1n) is 13.7. The van der Waals surface area contributed by atoms with E-state index >= 15 is 0 Å². The Kier molecular flexibility index (Phi) is 11.4. The van der Waals surface area contributed by atoms with Crippen molar-refractivity contribution in [3.63, 3.8) is 0 Å². The fourth-order valence-electron chi connectivity index (χ4n) is 4.31. The van der Waals surface area contributed by atoms with Gasteiger partial charge in [-0.15, -0.1) is 0 Å². The van der Waals surface area contributed by atoms with Crippen molar-refractivity contribution in [3.05, 3.63) is 28.3 Å². The molecule has 0 aromatic heterocycles. The van der Waals surface area contributed by atoms with Gasteiger partial charge in [-0.1, -0.05) is 0 Å². The van der Waals surface area contributed by atoms with E-state index in [0.717, 1.165) is 6.07 Å². The molecule has 1 aromatic carbocycles. The lowest BCUT2D eigenvalue weighted by Gasteiger charge is -2.51. The van der Waals surface area contributed by atoms with Gasteiger partial charge in [0.25, 0.3) is 5.69 Å². The van der Waals surface area contributed by atoms with E-state index in [2.05, 4.69) is 83.9 Å². The molecular formula is C24H49N3O9SSi4. The molecule has 1 aliphatic heterocycles. The van der Waals surface area contributed by atoms with Gasteiger partial charge in [0.05, 0.1) is 9.82 Å². The number of nitro groups is 1. The number of primary sulfonamides is 1. The standard InChI is InChI=1S/C24H49N3O9SSi4/c1-38(2,3)33-21-20(16-26-18-14-13-17(37(25,30)31)15-19(18)27(28)29)32-24(36-41(10,11)12)23(35-40(7,8)9)22(21)34-39(4,5)6/h13-15,20-24,26H,16H2,1-12H3,(H2,25,30,31)/t20-,21+,22+,23-,24-/m1/s1. The van der Waals surface area contributed by atoms with Crippen LogP contribution >= 0.6 is 0 Å². The molecule has 12 nitrogen and oxygen atoms in total. The molecule has 2 rings (SSSR count). The van der Waals surface area contributed by atoms with E-state index in [1.54, 1.807) is 0 Å². The first-order valence-corrected chi connectivity index (χ1v) is 28.9. The number of nitrogens with one attached hydrogen (secondary N) is 1. The number of hydrogen-bond acceptors (Lipinski definition) is 10. The van der Waals surface area contributed by atoms with Crippen LogP contribution in [-0.4, -0.2) is 83.9 Å². The highest BCUT2D eigenvalue weighted by Gasteiger charge is 2.52. The van der Waals surface area contributed by atoms with Crippen molar-refractivity contribution in [2.24, 2.45) is 5.14 Å². The van der Waals surface area contributed by atoms with Crippen LogP contribution in [-0.2, 0) is 32.5 Å². The molecule has 17 heteroatoms. The smallest absolute Gasteiger partial charge is 0.293 e. The molecule has 1 aliphatic rings. The van der Waals surface area contributed by atoms with Crippen LogP contribution < -0.4 is 10.5 Å². The number of benzene rings is 1. The predicted octanol–water partition coefficient (Wildman–Crippen LogP) is 4.89. The maximum absolute atomic E-state index is 11.8. The third kappa shape index (κ3) is 11.9. The Hall–Kier alpha value is -1.00. The molecular weight excluding hydrogens is 619 g/mol. The number of nitrogens with two attached hydrogens (primary N) is 1. The predicted molar refractivity (Wildman–Crippen MR) is 171 cm³/mol. The van der Waals surface area contributed by atoms with Crippen molar-refractivity contribution in [3.8, 4) is 0 Å². The Morgan fingerprint density at radius 3 is 1.73 bits per heavy atom. The average molecular weight is 668 g/mol. The number of nitrogens with zero attached hydrogens (tertiary/aromatic N) is 1. The summed E-state index contributed by atoms with van der Waals surface area (Å²) in [5, 5.41) is 20.1. The second kappa shape index (κ2) is 12.9. The fraction of sp³-hybridized carbons (Fsp3) is 0.750. The summed E-state index contributed by atoms with van der Waals surface area (Å²) >= 11 is 0. The summed E-state index contributed by atoms with van der Waals surface area (Å²) in [5.74, 6) is 0. The van der Waals surface area contributed by atoms with Gasteiger partial charge in [-0.25, -0.2) is 13.6 Å². The van der Waals surface area contributed by atoms with E-state index in [9.17, 15) is 18.5 Å².